The maximum Gasteiger partial charge on any atom is 0.0587 e. The van der Waals surface area contributed by atoms with E-state index in [-0.39, 0.29) is 5.38 Å². The second-order valence-corrected chi connectivity index (χ2v) is 5.91. The van der Waals surface area contributed by atoms with E-state index in [2.05, 4.69) is 39.0 Å². The molecule has 0 aliphatic carbocycles. The molecule has 0 bridgehead atoms. The Labute approximate surface area is 118 Å². The van der Waals surface area contributed by atoms with Crippen LogP contribution in [0.5, 0.6) is 0 Å². The van der Waals surface area contributed by atoms with E-state index in [0.717, 1.165) is 6.42 Å². The molecule has 1 unspecified atom stereocenters. The summed E-state index contributed by atoms with van der Waals surface area (Å²) in [4.78, 5) is 0. The van der Waals surface area contributed by atoms with Crippen LogP contribution in [-0.2, 0) is 0 Å². The van der Waals surface area contributed by atoms with E-state index in [1.807, 2.05) is 0 Å². The molecule has 0 spiro atoms. The summed E-state index contributed by atoms with van der Waals surface area (Å²) < 4.78 is 0. The molecule has 0 saturated carbocycles. The highest BCUT2D eigenvalue weighted by Crippen LogP contribution is 2.29. The topological polar surface area (TPSA) is 0 Å². The molecule has 0 nitrogen and oxygen atoms in total. The van der Waals surface area contributed by atoms with Gasteiger partial charge >= 0.3 is 0 Å². The summed E-state index contributed by atoms with van der Waals surface area (Å²) in [7, 11) is 0. The van der Waals surface area contributed by atoms with E-state index in [1.54, 1.807) is 0 Å². The van der Waals surface area contributed by atoms with Crippen LogP contribution in [0.4, 0.5) is 0 Å². The number of unbranched alkanes of at least 4 members (excludes halogenated alkanes) is 5. The lowest BCUT2D eigenvalue weighted by Gasteiger charge is -2.13. The SMILES string of the molecule is CCCCCCCCC(Cl)c1ccc(C)cc1C. The molecule has 1 aromatic rings. The Hall–Kier alpha value is -0.490. The Morgan fingerprint density at radius 1 is 1.00 bits per heavy atom. The normalized spacial score (nSPS) is 12.7. The van der Waals surface area contributed by atoms with Crippen LogP contribution < -0.4 is 0 Å². The van der Waals surface area contributed by atoms with Crippen LogP contribution in [0.3, 0.4) is 0 Å². The third-order valence-electron chi connectivity index (χ3n) is 3.57. The molecule has 0 aromatic heterocycles. The first-order chi connectivity index (χ1) is 8.65. The number of hydrogen-bond acceptors (Lipinski definition) is 0. The zero-order valence-electron chi connectivity index (χ0n) is 12.1. The molecular weight excluding hydrogens is 240 g/mol. The van der Waals surface area contributed by atoms with E-state index in [9.17, 15) is 0 Å². The van der Waals surface area contributed by atoms with Gasteiger partial charge in [0.15, 0.2) is 0 Å². The van der Waals surface area contributed by atoms with Gasteiger partial charge in [-0.05, 0) is 31.4 Å². The molecule has 0 saturated heterocycles. The van der Waals surface area contributed by atoms with E-state index < -0.39 is 0 Å². The average Bonchev–Trinajstić information content (AvgIpc) is 2.33. The number of aryl methyl sites for hydroxylation is 2. The minimum Gasteiger partial charge on any atom is -0.118 e. The van der Waals surface area contributed by atoms with Crippen molar-refractivity contribution in [2.24, 2.45) is 0 Å². The van der Waals surface area contributed by atoms with Crippen LogP contribution in [0.1, 0.15) is 73.9 Å². The summed E-state index contributed by atoms with van der Waals surface area (Å²) >= 11 is 6.50. The summed E-state index contributed by atoms with van der Waals surface area (Å²) in [6.07, 6.45) is 9.14. The van der Waals surface area contributed by atoms with Crippen molar-refractivity contribution in [3.8, 4) is 0 Å². The molecule has 1 heteroatoms. The summed E-state index contributed by atoms with van der Waals surface area (Å²) in [6, 6.07) is 6.59. The molecule has 0 amide bonds. The Kier molecular flexibility index (Phi) is 7.42. The predicted octanol–water partition coefficient (Wildman–Crippen LogP) is 6.33. The Morgan fingerprint density at radius 3 is 2.33 bits per heavy atom. The molecule has 0 aliphatic heterocycles. The highest BCUT2D eigenvalue weighted by Gasteiger charge is 2.10. The van der Waals surface area contributed by atoms with Gasteiger partial charge in [0.05, 0.1) is 5.38 Å². The van der Waals surface area contributed by atoms with E-state index in [0.29, 0.717) is 0 Å². The van der Waals surface area contributed by atoms with E-state index in [4.69, 9.17) is 11.6 Å². The lowest BCUT2D eigenvalue weighted by molar-refractivity contribution is 0.584. The fourth-order valence-electron chi connectivity index (χ4n) is 2.44. The quantitative estimate of drug-likeness (QED) is 0.381. The van der Waals surface area contributed by atoms with Crippen molar-refractivity contribution in [3.63, 3.8) is 0 Å². The van der Waals surface area contributed by atoms with Gasteiger partial charge in [-0.15, -0.1) is 11.6 Å². The first kappa shape index (κ1) is 15.6. The molecule has 0 heterocycles. The van der Waals surface area contributed by atoms with Crippen LogP contribution >= 0.6 is 11.6 Å². The van der Waals surface area contributed by atoms with E-state index in [1.165, 1.54) is 55.2 Å². The monoisotopic (exact) mass is 266 g/mol. The zero-order valence-corrected chi connectivity index (χ0v) is 12.9. The minimum absolute atomic E-state index is 0.191. The fourth-order valence-corrected chi connectivity index (χ4v) is 2.84. The molecule has 1 rings (SSSR count). The van der Waals surface area contributed by atoms with Crippen molar-refractivity contribution in [1.29, 1.82) is 0 Å². The molecule has 1 aromatic carbocycles. The van der Waals surface area contributed by atoms with Gasteiger partial charge in [-0.25, -0.2) is 0 Å². The molecule has 0 fully saturated rings. The van der Waals surface area contributed by atoms with Gasteiger partial charge < -0.3 is 0 Å². The first-order valence-electron chi connectivity index (χ1n) is 7.36. The summed E-state index contributed by atoms with van der Waals surface area (Å²) in [6.45, 7) is 6.56. The highest BCUT2D eigenvalue weighted by atomic mass is 35.5. The molecule has 0 aliphatic rings. The average molecular weight is 267 g/mol. The molecule has 1 atom stereocenters. The third kappa shape index (κ3) is 5.44. The van der Waals surface area contributed by atoms with Gasteiger partial charge in [0.1, 0.15) is 0 Å². The number of hydrogen-bond donors (Lipinski definition) is 0. The molecular formula is C17H27Cl. The second kappa shape index (κ2) is 8.58. The lowest BCUT2D eigenvalue weighted by Crippen LogP contribution is -1.95. The van der Waals surface area contributed by atoms with Crippen molar-refractivity contribution >= 4 is 11.6 Å². The van der Waals surface area contributed by atoms with Gasteiger partial charge in [0.2, 0.25) is 0 Å². The van der Waals surface area contributed by atoms with Crippen molar-refractivity contribution in [1.82, 2.24) is 0 Å². The standard InChI is InChI=1S/C17H27Cl/c1-4-5-6-7-8-9-10-17(18)16-12-11-14(2)13-15(16)3/h11-13,17H,4-10H2,1-3H3. The Bertz CT molecular complexity index is 343. The number of benzene rings is 1. The number of alkyl halides is 1. The molecule has 0 N–H and O–H groups in total. The Balaban J connectivity index is 2.29. The zero-order chi connectivity index (χ0) is 13.4. The summed E-state index contributed by atoms with van der Waals surface area (Å²) in [5.41, 5.74) is 3.97. The van der Waals surface area contributed by atoms with Crippen molar-refractivity contribution < 1.29 is 0 Å². The fraction of sp³-hybridized carbons (Fsp3) is 0.647. The smallest absolute Gasteiger partial charge is 0.0587 e. The van der Waals surface area contributed by atoms with Gasteiger partial charge in [-0.2, -0.15) is 0 Å². The lowest BCUT2D eigenvalue weighted by atomic mass is 9.99. The summed E-state index contributed by atoms with van der Waals surface area (Å²) in [5.74, 6) is 0. The van der Waals surface area contributed by atoms with Crippen molar-refractivity contribution in [3.05, 3.63) is 34.9 Å². The first-order valence-corrected chi connectivity index (χ1v) is 7.80. The van der Waals surface area contributed by atoms with E-state index >= 15 is 0 Å². The Morgan fingerprint density at radius 2 is 1.67 bits per heavy atom. The largest absolute Gasteiger partial charge is 0.118 e. The minimum atomic E-state index is 0.191. The molecule has 18 heavy (non-hydrogen) atoms. The third-order valence-corrected chi connectivity index (χ3v) is 4.03. The van der Waals surface area contributed by atoms with Crippen LogP contribution in [0.25, 0.3) is 0 Å². The molecule has 102 valence electrons. The predicted molar refractivity (Wildman–Crippen MR) is 82.5 cm³/mol. The van der Waals surface area contributed by atoms with Crippen LogP contribution in [0.15, 0.2) is 18.2 Å². The number of halogens is 1. The van der Waals surface area contributed by atoms with Gasteiger partial charge in [-0.3, -0.25) is 0 Å². The second-order valence-electron chi connectivity index (χ2n) is 5.38. The maximum atomic E-state index is 6.50. The highest BCUT2D eigenvalue weighted by molar-refractivity contribution is 6.20. The van der Waals surface area contributed by atoms with Crippen molar-refractivity contribution in [2.45, 2.75) is 71.1 Å². The molecule has 0 radical (unpaired) electrons. The van der Waals surface area contributed by atoms with Crippen LogP contribution in [0.2, 0.25) is 0 Å². The van der Waals surface area contributed by atoms with Crippen LogP contribution in [0, 0.1) is 13.8 Å². The summed E-state index contributed by atoms with van der Waals surface area (Å²) in [5, 5.41) is 0.191. The maximum absolute atomic E-state index is 6.50. The van der Waals surface area contributed by atoms with Gasteiger partial charge in [0, 0.05) is 0 Å². The van der Waals surface area contributed by atoms with Gasteiger partial charge in [0.25, 0.3) is 0 Å². The number of rotatable bonds is 8. The van der Waals surface area contributed by atoms with Crippen LogP contribution in [-0.4, -0.2) is 0 Å². The van der Waals surface area contributed by atoms with Crippen molar-refractivity contribution in [2.75, 3.05) is 0 Å². The van der Waals surface area contributed by atoms with Gasteiger partial charge in [-0.1, -0.05) is 69.2 Å².